The van der Waals surface area contributed by atoms with Gasteiger partial charge in [0, 0.05) is 25.5 Å². The number of halogens is 1. The Kier molecular flexibility index (Phi) is 4.52. The predicted molar refractivity (Wildman–Crippen MR) is 91.2 cm³/mol. The molecule has 0 amide bonds. The van der Waals surface area contributed by atoms with Gasteiger partial charge in [-0.3, -0.25) is 9.88 Å². The molecule has 1 saturated heterocycles. The lowest BCUT2D eigenvalue weighted by Gasteiger charge is -2.31. The fraction of sp³-hybridized carbons (Fsp3) is 0.316. The van der Waals surface area contributed by atoms with Crippen molar-refractivity contribution in [3.63, 3.8) is 0 Å². The van der Waals surface area contributed by atoms with Crippen molar-refractivity contribution in [2.24, 2.45) is 0 Å². The normalized spacial score (nSPS) is 18.4. The van der Waals surface area contributed by atoms with E-state index in [1.54, 1.807) is 12.4 Å². The first kappa shape index (κ1) is 15.9. The van der Waals surface area contributed by atoms with Crippen molar-refractivity contribution < 1.29 is 8.81 Å². The van der Waals surface area contributed by atoms with Crippen LogP contribution in [0, 0.1) is 5.82 Å². The zero-order valence-electron chi connectivity index (χ0n) is 13.8. The van der Waals surface area contributed by atoms with Crippen LogP contribution in [0.4, 0.5) is 4.39 Å². The number of pyridine rings is 1. The Hall–Kier alpha value is -2.60. The Morgan fingerprint density at radius 1 is 1.16 bits per heavy atom. The smallest absolute Gasteiger partial charge is 0.249 e. The van der Waals surface area contributed by atoms with Gasteiger partial charge in [-0.05, 0) is 49.2 Å². The summed E-state index contributed by atoms with van der Waals surface area (Å²) in [7, 11) is 0. The first-order valence-electron chi connectivity index (χ1n) is 8.48. The standard InChI is InChI=1S/C19H19FN4O/c20-17-7-5-14(6-8-17)12-24-10-2-4-16(13-24)19-23-22-18(25-19)15-3-1-9-21-11-15/h1,3,5-9,11,16H,2,4,10,12-13H2/t16-/m1/s1. The van der Waals surface area contributed by atoms with Gasteiger partial charge < -0.3 is 4.42 Å². The lowest BCUT2D eigenvalue weighted by atomic mass is 9.97. The number of aromatic nitrogens is 3. The molecule has 1 aliphatic heterocycles. The maximum absolute atomic E-state index is 13.0. The molecule has 0 saturated carbocycles. The van der Waals surface area contributed by atoms with Gasteiger partial charge in [-0.2, -0.15) is 0 Å². The van der Waals surface area contributed by atoms with Crippen molar-refractivity contribution in [2.75, 3.05) is 13.1 Å². The van der Waals surface area contributed by atoms with Crippen LogP contribution in [-0.2, 0) is 6.54 Å². The first-order valence-corrected chi connectivity index (χ1v) is 8.48. The van der Waals surface area contributed by atoms with E-state index in [1.165, 1.54) is 12.1 Å². The molecule has 0 spiro atoms. The van der Waals surface area contributed by atoms with Gasteiger partial charge in [0.15, 0.2) is 0 Å². The summed E-state index contributed by atoms with van der Waals surface area (Å²) in [6.45, 7) is 2.70. The van der Waals surface area contributed by atoms with Crippen LogP contribution in [0.2, 0.25) is 0 Å². The van der Waals surface area contributed by atoms with Gasteiger partial charge in [-0.15, -0.1) is 10.2 Å². The highest BCUT2D eigenvalue weighted by atomic mass is 19.1. The quantitative estimate of drug-likeness (QED) is 0.727. The highest BCUT2D eigenvalue weighted by Crippen LogP contribution is 2.28. The number of nitrogens with zero attached hydrogens (tertiary/aromatic N) is 4. The molecule has 128 valence electrons. The number of benzene rings is 1. The number of rotatable bonds is 4. The van der Waals surface area contributed by atoms with Crippen molar-refractivity contribution in [3.05, 3.63) is 66.1 Å². The minimum absolute atomic E-state index is 0.200. The Morgan fingerprint density at radius 2 is 2.04 bits per heavy atom. The fourth-order valence-corrected chi connectivity index (χ4v) is 3.25. The van der Waals surface area contributed by atoms with Crippen molar-refractivity contribution in [2.45, 2.75) is 25.3 Å². The molecule has 6 heteroatoms. The molecule has 0 aliphatic carbocycles. The van der Waals surface area contributed by atoms with Crippen molar-refractivity contribution in [1.82, 2.24) is 20.1 Å². The third-order valence-corrected chi connectivity index (χ3v) is 4.52. The Labute approximate surface area is 145 Å². The molecule has 0 radical (unpaired) electrons. The summed E-state index contributed by atoms with van der Waals surface area (Å²) >= 11 is 0. The topological polar surface area (TPSA) is 55.1 Å². The average molecular weight is 338 g/mol. The third-order valence-electron chi connectivity index (χ3n) is 4.52. The van der Waals surface area contributed by atoms with Crippen LogP contribution in [0.25, 0.3) is 11.5 Å². The van der Waals surface area contributed by atoms with E-state index in [2.05, 4.69) is 20.1 Å². The second-order valence-corrected chi connectivity index (χ2v) is 6.39. The average Bonchev–Trinajstić information content (AvgIpc) is 3.15. The molecule has 2 aromatic heterocycles. The van der Waals surface area contributed by atoms with Crippen molar-refractivity contribution >= 4 is 0 Å². The van der Waals surface area contributed by atoms with Gasteiger partial charge in [0.05, 0.1) is 11.5 Å². The third kappa shape index (κ3) is 3.74. The van der Waals surface area contributed by atoms with Crippen molar-refractivity contribution in [1.29, 1.82) is 0 Å². The molecule has 1 atom stereocenters. The van der Waals surface area contributed by atoms with Gasteiger partial charge in [0.25, 0.3) is 0 Å². The van der Waals surface area contributed by atoms with Crippen LogP contribution in [0.15, 0.2) is 53.2 Å². The molecule has 1 aromatic carbocycles. The molecule has 1 fully saturated rings. The Balaban J connectivity index is 1.44. The zero-order valence-corrected chi connectivity index (χ0v) is 13.8. The van der Waals surface area contributed by atoms with E-state index >= 15 is 0 Å². The SMILES string of the molecule is Fc1ccc(CN2CCC[C@@H](c3nnc(-c4cccnc4)o3)C2)cc1. The van der Waals surface area contributed by atoms with Gasteiger partial charge in [0.1, 0.15) is 5.82 Å². The van der Waals surface area contributed by atoms with Crippen LogP contribution in [0.5, 0.6) is 0 Å². The summed E-state index contributed by atoms with van der Waals surface area (Å²) in [5.41, 5.74) is 1.95. The number of hydrogen-bond acceptors (Lipinski definition) is 5. The second kappa shape index (κ2) is 7.11. The van der Waals surface area contributed by atoms with E-state index in [4.69, 9.17) is 4.42 Å². The maximum Gasteiger partial charge on any atom is 0.249 e. The molecule has 0 unspecified atom stereocenters. The summed E-state index contributed by atoms with van der Waals surface area (Å²) in [6, 6.07) is 10.5. The minimum atomic E-state index is -0.200. The predicted octanol–water partition coefficient (Wildman–Crippen LogP) is 3.65. The van der Waals surface area contributed by atoms with Crippen LogP contribution < -0.4 is 0 Å². The lowest BCUT2D eigenvalue weighted by molar-refractivity contribution is 0.186. The molecule has 25 heavy (non-hydrogen) atoms. The van der Waals surface area contributed by atoms with Gasteiger partial charge in [0.2, 0.25) is 11.8 Å². The molecule has 1 aliphatic rings. The van der Waals surface area contributed by atoms with Crippen LogP contribution in [0.3, 0.4) is 0 Å². The van der Waals surface area contributed by atoms with Gasteiger partial charge in [-0.1, -0.05) is 12.1 Å². The van der Waals surface area contributed by atoms with Crippen molar-refractivity contribution in [3.8, 4) is 11.5 Å². The summed E-state index contributed by atoms with van der Waals surface area (Å²) in [4.78, 5) is 6.44. The van der Waals surface area contributed by atoms with Crippen LogP contribution in [-0.4, -0.2) is 33.2 Å². The lowest BCUT2D eigenvalue weighted by Crippen LogP contribution is -2.34. The van der Waals surface area contributed by atoms with Gasteiger partial charge in [-0.25, -0.2) is 4.39 Å². The highest BCUT2D eigenvalue weighted by Gasteiger charge is 2.26. The second-order valence-electron chi connectivity index (χ2n) is 6.39. The fourth-order valence-electron chi connectivity index (χ4n) is 3.25. The molecule has 3 aromatic rings. The molecule has 4 rings (SSSR count). The molecular formula is C19H19FN4O. The van der Waals surface area contributed by atoms with E-state index < -0.39 is 0 Å². The first-order chi connectivity index (χ1) is 12.3. The summed E-state index contributed by atoms with van der Waals surface area (Å²) in [5, 5.41) is 8.41. The van der Waals surface area contributed by atoms with E-state index in [1.807, 2.05) is 24.3 Å². The van der Waals surface area contributed by atoms with E-state index in [0.717, 1.165) is 43.6 Å². The Bertz CT molecular complexity index is 819. The maximum atomic E-state index is 13.0. The highest BCUT2D eigenvalue weighted by molar-refractivity contribution is 5.50. The van der Waals surface area contributed by atoms with Gasteiger partial charge >= 0.3 is 0 Å². The van der Waals surface area contributed by atoms with E-state index in [0.29, 0.717) is 11.8 Å². The van der Waals surface area contributed by atoms with Crippen LogP contribution >= 0.6 is 0 Å². The molecule has 0 bridgehead atoms. The van der Waals surface area contributed by atoms with Crippen LogP contribution in [0.1, 0.15) is 30.2 Å². The van der Waals surface area contributed by atoms with E-state index in [-0.39, 0.29) is 11.7 Å². The minimum Gasteiger partial charge on any atom is -0.420 e. The Morgan fingerprint density at radius 3 is 2.84 bits per heavy atom. The van der Waals surface area contributed by atoms with E-state index in [9.17, 15) is 4.39 Å². The largest absolute Gasteiger partial charge is 0.420 e. The number of likely N-dealkylation sites (tertiary alicyclic amines) is 1. The summed E-state index contributed by atoms with van der Waals surface area (Å²) < 4.78 is 18.9. The molecule has 0 N–H and O–H groups in total. The molecular weight excluding hydrogens is 319 g/mol. The number of piperidine rings is 1. The number of hydrogen-bond donors (Lipinski definition) is 0. The monoisotopic (exact) mass is 338 g/mol. The molecule has 5 nitrogen and oxygen atoms in total. The summed E-state index contributed by atoms with van der Waals surface area (Å²) in [6.07, 6.45) is 5.55. The zero-order chi connectivity index (χ0) is 17.1. The summed E-state index contributed by atoms with van der Waals surface area (Å²) in [5.74, 6) is 1.22. The molecule has 3 heterocycles.